The van der Waals surface area contributed by atoms with E-state index in [1.54, 1.807) is 13.2 Å². The Kier molecular flexibility index (Phi) is 5.88. The highest BCUT2D eigenvalue weighted by Crippen LogP contribution is 2.34. The van der Waals surface area contributed by atoms with Gasteiger partial charge in [-0.15, -0.1) is 0 Å². The van der Waals surface area contributed by atoms with Crippen LogP contribution in [0.4, 0.5) is 4.39 Å². The Hall–Kier alpha value is -3.93. The minimum atomic E-state index is -0.472. The van der Waals surface area contributed by atoms with Crippen LogP contribution in [0.2, 0.25) is 0 Å². The van der Waals surface area contributed by atoms with Gasteiger partial charge in [-0.2, -0.15) is 5.10 Å². The molecule has 0 aliphatic carbocycles. The lowest BCUT2D eigenvalue weighted by Crippen LogP contribution is -2.23. The van der Waals surface area contributed by atoms with E-state index in [1.807, 2.05) is 65.3 Å². The number of halogens is 1. The lowest BCUT2D eigenvalue weighted by molar-refractivity contribution is 0.419. The van der Waals surface area contributed by atoms with Crippen molar-refractivity contribution in [2.75, 3.05) is 7.11 Å². The van der Waals surface area contributed by atoms with Gasteiger partial charge in [-0.05, 0) is 29.7 Å². The monoisotopic (exact) mass is 455 g/mol. The third-order valence-electron chi connectivity index (χ3n) is 6.18. The van der Waals surface area contributed by atoms with Crippen LogP contribution < -0.4 is 10.3 Å². The smallest absolute Gasteiger partial charge is 0.262 e. The van der Waals surface area contributed by atoms with Crippen molar-refractivity contribution in [3.8, 4) is 5.75 Å². The van der Waals surface area contributed by atoms with Crippen molar-refractivity contribution >= 4 is 21.8 Å². The van der Waals surface area contributed by atoms with Crippen LogP contribution in [0.5, 0.6) is 5.75 Å². The fourth-order valence-electron chi connectivity index (χ4n) is 4.64. The van der Waals surface area contributed by atoms with Crippen LogP contribution in [-0.4, -0.2) is 21.5 Å². The molecule has 3 aromatic carbocycles. The highest BCUT2D eigenvalue weighted by atomic mass is 19.1. The topological polar surface area (TPSA) is 49.1 Å². The van der Waals surface area contributed by atoms with E-state index in [0.717, 1.165) is 23.2 Å². The minimum absolute atomic E-state index is 0.216. The van der Waals surface area contributed by atoms with Crippen molar-refractivity contribution in [3.63, 3.8) is 0 Å². The van der Waals surface area contributed by atoms with E-state index in [1.165, 1.54) is 10.6 Å². The summed E-state index contributed by atoms with van der Waals surface area (Å²) in [6, 6.07) is 22.6. The highest BCUT2D eigenvalue weighted by Gasteiger charge is 2.24. The molecular formula is C28H26FN3O2. The average molecular weight is 456 g/mol. The van der Waals surface area contributed by atoms with E-state index in [2.05, 4.69) is 6.92 Å². The molecule has 0 aliphatic heterocycles. The van der Waals surface area contributed by atoms with Crippen LogP contribution in [-0.2, 0) is 19.5 Å². The van der Waals surface area contributed by atoms with Crippen molar-refractivity contribution in [3.05, 3.63) is 106 Å². The molecule has 0 spiro atoms. The van der Waals surface area contributed by atoms with Crippen LogP contribution in [0.1, 0.15) is 30.2 Å². The van der Waals surface area contributed by atoms with Crippen molar-refractivity contribution in [2.45, 2.75) is 32.9 Å². The Labute approximate surface area is 197 Å². The number of aromatic nitrogens is 3. The molecule has 5 nitrogen and oxygen atoms in total. The number of methoxy groups -OCH3 is 1. The van der Waals surface area contributed by atoms with Gasteiger partial charge in [0.25, 0.3) is 5.56 Å². The number of hydrogen-bond acceptors (Lipinski definition) is 3. The number of hydrogen-bond donors (Lipinski definition) is 0. The summed E-state index contributed by atoms with van der Waals surface area (Å²) >= 11 is 0. The lowest BCUT2D eigenvalue weighted by atomic mass is 10.1. The molecule has 0 N–H and O–H groups in total. The van der Waals surface area contributed by atoms with E-state index in [-0.39, 0.29) is 17.6 Å². The Bertz CT molecular complexity index is 1520. The molecule has 34 heavy (non-hydrogen) atoms. The van der Waals surface area contributed by atoms with Crippen molar-refractivity contribution < 1.29 is 9.13 Å². The van der Waals surface area contributed by atoms with Gasteiger partial charge in [-0.1, -0.05) is 74.0 Å². The molecule has 5 aromatic rings. The van der Waals surface area contributed by atoms with Gasteiger partial charge >= 0.3 is 0 Å². The second kappa shape index (κ2) is 9.14. The molecule has 0 radical (unpaired) electrons. The molecule has 5 rings (SSSR count). The maximum Gasteiger partial charge on any atom is 0.262 e. The van der Waals surface area contributed by atoms with E-state index in [4.69, 9.17) is 9.84 Å². The minimum Gasteiger partial charge on any atom is -0.496 e. The normalized spacial score (nSPS) is 11.4. The molecule has 0 saturated carbocycles. The first-order valence-corrected chi connectivity index (χ1v) is 11.5. The Balaban J connectivity index is 1.87. The molecule has 172 valence electrons. The quantitative estimate of drug-likeness (QED) is 0.323. The molecule has 2 aromatic heterocycles. The maximum atomic E-state index is 15.3. The summed E-state index contributed by atoms with van der Waals surface area (Å²) in [5, 5.41) is 5.93. The Morgan fingerprint density at radius 2 is 1.53 bits per heavy atom. The van der Waals surface area contributed by atoms with Crippen molar-refractivity contribution in [1.29, 1.82) is 0 Å². The first-order valence-electron chi connectivity index (χ1n) is 11.5. The number of ether oxygens (including phenoxy) is 1. The third kappa shape index (κ3) is 3.75. The van der Waals surface area contributed by atoms with Gasteiger partial charge in [0.15, 0.2) is 0 Å². The Morgan fingerprint density at radius 1 is 0.882 bits per heavy atom. The summed E-state index contributed by atoms with van der Waals surface area (Å²) in [5.41, 5.74) is 3.33. The predicted octanol–water partition coefficient (Wildman–Crippen LogP) is 5.55. The molecule has 0 amide bonds. The van der Waals surface area contributed by atoms with Gasteiger partial charge in [0, 0.05) is 0 Å². The van der Waals surface area contributed by atoms with E-state index in [0.29, 0.717) is 35.0 Å². The molecule has 2 heterocycles. The molecule has 0 bridgehead atoms. The summed E-state index contributed by atoms with van der Waals surface area (Å²) < 4.78 is 24.4. The number of aryl methyl sites for hydroxylation is 1. The zero-order valence-corrected chi connectivity index (χ0v) is 19.3. The molecule has 0 saturated heterocycles. The summed E-state index contributed by atoms with van der Waals surface area (Å²) in [6.45, 7) is 2.86. The van der Waals surface area contributed by atoms with Crippen molar-refractivity contribution in [2.24, 2.45) is 0 Å². The van der Waals surface area contributed by atoms with E-state index < -0.39 is 5.82 Å². The van der Waals surface area contributed by atoms with Crippen LogP contribution in [0.3, 0.4) is 0 Å². The maximum absolute atomic E-state index is 15.3. The molecule has 0 atom stereocenters. The summed E-state index contributed by atoms with van der Waals surface area (Å²) in [5.74, 6) is 0.0241. The zero-order valence-electron chi connectivity index (χ0n) is 19.3. The number of rotatable bonds is 7. The fourth-order valence-corrected chi connectivity index (χ4v) is 4.64. The first kappa shape index (κ1) is 21.9. The van der Waals surface area contributed by atoms with Gasteiger partial charge < -0.3 is 9.30 Å². The predicted molar refractivity (Wildman–Crippen MR) is 133 cm³/mol. The van der Waals surface area contributed by atoms with Crippen LogP contribution in [0, 0.1) is 5.82 Å². The number of nitrogens with zero attached hydrogens (tertiary/aromatic N) is 3. The largest absolute Gasteiger partial charge is 0.496 e. The van der Waals surface area contributed by atoms with Crippen LogP contribution in [0.15, 0.2) is 77.6 Å². The standard InChI is InChI=1S/C28H26FN3O2/c1-3-10-22-24-26(30-32(22)18-20-13-8-5-9-14-20)25-23(34-2)16-15-21(29)27(25)31(28(24)33)17-19-11-6-4-7-12-19/h4-9,11-16H,3,10,17-18H2,1-2H3. The number of pyridine rings is 1. The van der Waals surface area contributed by atoms with E-state index in [9.17, 15) is 4.79 Å². The Morgan fingerprint density at radius 3 is 2.15 bits per heavy atom. The highest BCUT2D eigenvalue weighted by molar-refractivity contribution is 6.07. The van der Waals surface area contributed by atoms with Crippen molar-refractivity contribution in [1.82, 2.24) is 14.3 Å². The molecule has 0 fully saturated rings. The summed E-state index contributed by atoms with van der Waals surface area (Å²) in [7, 11) is 1.55. The van der Waals surface area contributed by atoms with Crippen LogP contribution in [0.25, 0.3) is 21.8 Å². The first-order chi connectivity index (χ1) is 16.6. The second-order valence-corrected chi connectivity index (χ2v) is 8.41. The summed E-state index contributed by atoms with van der Waals surface area (Å²) in [4.78, 5) is 14.0. The fraction of sp³-hybridized carbons (Fsp3) is 0.214. The lowest BCUT2D eigenvalue weighted by Gasteiger charge is -2.14. The second-order valence-electron chi connectivity index (χ2n) is 8.41. The van der Waals surface area contributed by atoms with Gasteiger partial charge in [-0.25, -0.2) is 4.39 Å². The zero-order chi connectivity index (χ0) is 23.7. The van der Waals surface area contributed by atoms with Gasteiger partial charge in [-0.3, -0.25) is 9.48 Å². The number of fused-ring (bicyclic) bond motifs is 3. The van der Waals surface area contributed by atoms with Crippen LogP contribution >= 0.6 is 0 Å². The molecule has 0 aliphatic rings. The number of benzene rings is 3. The van der Waals surface area contributed by atoms with E-state index >= 15 is 4.39 Å². The summed E-state index contributed by atoms with van der Waals surface area (Å²) in [6.07, 6.45) is 1.54. The van der Waals surface area contributed by atoms with Gasteiger partial charge in [0.05, 0.1) is 42.2 Å². The average Bonchev–Trinajstić information content (AvgIpc) is 3.21. The molecule has 0 unspecified atom stereocenters. The third-order valence-corrected chi connectivity index (χ3v) is 6.18. The molecule has 6 heteroatoms. The SMILES string of the molecule is CCCc1c2c(=O)n(Cc3ccccc3)c3c(F)ccc(OC)c3c2nn1Cc1ccccc1. The molecular weight excluding hydrogens is 429 g/mol. The van der Waals surface area contributed by atoms with Gasteiger partial charge in [0.2, 0.25) is 0 Å². The van der Waals surface area contributed by atoms with Gasteiger partial charge in [0.1, 0.15) is 17.1 Å².